The van der Waals surface area contributed by atoms with Crippen LogP contribution >= 0.6 is 27.5 Å². The van der Waals surface area contributed by atoms with Crippen LogP contribution in [0.3, 0.4) is 0 Å². The molecule has 0 saturated heterocycles. The van der Waals surface area contributed by atoms with Gasteiger partial charge in [-0.05, 0) is 37.3 Å². The lowest BCUT2D eigenvalue weighted by molar-refractivity contribution is 0.601. The Hall–Kier alpha value is -1.31. The Bertz CT molecular complexity index is 753. The zero-order valence-electron chi connectivity index (χ0n) is 11.1. The van der Waals surface area contributed by atoms with Crippen LogP contribution in [-0.2, 0) is 10.0 Å². The van der Waals surface area contributed by atoms with Gasteiger partial charge in [-0.25, -0.2) is 13.4 Å². The second kappa shape index (κ2) is 6.64. The van der Waals surface area contributed by atoms with Gasteiger partial charge in [0.2, 0.25) is 0 Å². The Morgan fingerprint density at radius 3 is 2.76 bits per heavy atom. The van der Waals surface area contributed by atoms with E-state index >= 15 is 0 Å². The minimum Gasteiger partial charge on any atom is -0.369 e. The average molecular weight is 391 g/mol. The first-order chi connectivity index (χ1) is 9.94. The highest BCUT2D eigenvalue weighted by Gasteiger charge is 2.20. The van der Waals surface area contributed by atoms with Gasteiger partial charge in [0.05, 0.1) is 10.7 Å². The SMILES string of the molecule is CCNc1ncccc1S(=O)(=O)Nc1ccc(Br)cc1Cl. The molecule has 8 heteroatoms. The number of hydrogen-bond acceptors (Lipinski definition) is 4. The lowest BCUT2D eigenvalue weighted by atomic mass is 10.3. The van der Waals surface area contributed by atoms with Crippen molar-refractivity contribution in [2.24, 2.45) is 0 Å². The maximum absolute atomic E-state index is 12.5. The number of sulfonamides is 1. The molecule has 0 radical (unpaired) electrons. The molecule has 2 rings (SSSR count). The van der Waals surface area contributed by atoms with Crippen molar-refractivity contribution in [2.75, 3.05) is 16.6 Å². The summed E-state index contributed by atoms with van der Waals surface area (Å²) in [5.41, 5.74) is 0.311. The summed E-state index contributed by atoms with van der Waals surface area (Å²) in [6.07, 6.45) is 1.53. The van der Waals surface area contributed by atoms with Gasteiger partial charge in [0, 0.05) is 17.2 Å². The third-order valence-electron chi connectivity index (χ3n) is 2.58. The van der Waals surface area contributed by atoms with Crippen molar-refractivity contribution in [3.05, 3.63) is 46.0 Å². The highest BCUT2D eigenvalue weighted by molar-refractivity contribution is 9.10. The molecule has 112 valence electrons. The van der Waals surface area contributed by atoms with Gasteiger partial charge in [0.15, 0.2) is 0 Å². The normalized spacial score (nSPS) is 11.2. The van der Waals surface area contributed by atoms with Crippen LogP contribution in [-0.4, -0.2) is 19.9 Å². The van der Waals surface area contributed by atoms with E-state index in [-0.39, 0.29) is 4.90 Å². The maximum atomic E-state index is 12.5. The summed E-state index contributed by atoms with van der Waals surface area (Å²) in [7, 11) is -3.78. The zero-order chi connectivity index (χ0) is 15.5. The molecular weight excluding hydrogens is 378 g/mol. The molecule has 2 aromatic rings. The largest absolute Gasteiger partial charge is 0.369 e. The quantitative estimate of drug-likeness (QED) is 0.816. The van der Waals surface area contributed by atoms with Gasteiger partial charge < -0.3 is 5.32 Å². The Labute approximate surface area is 136 Å². The van der Waals surface area contributed by atoms with Crippen LogP contribution in [0.5, 0.6) is 0 Å². The molecule has 0 bridgehead atoms. The lowest BCUT2D eigenvalue weighted by Crippen LogP contribution is -2.16. The maximum Gasteiger partial charge on any atom is 0.265 e. The van der Waals surface area contributed by atoms with Crippen molar-refractivity contribution >= 4 is 49.1 Å². The van der Waals surface area contributed by atoms with E-state index in [1.165, 1.54) is 12.3 Å². The standard InChI is InChI=1S/C13H13BrClN3O2S/c1-2-16-13-12(4-3-7-17-13)21(19,20)18-11-6-5-9(14)8-10(11)15/h3-8,18H,2H2,1H3,(H,16,17). The van der Waals surface area contributed by atoms with Crippen LogP contribution in [0.15, 0.2) is 45.9 Å². The Balaban J connectivity index is 2.39. The third kappa shape index (κ3) is 3.87. The first-order valence-corrected chi connectivity index (χ1v) is 8.76. The van der Waals surface area contributed by atoms with Crippen molar-refractivity contribution in [2.45, 2.75) is 11.8 Å². The van der Waals surface area contributed by atoms with E-state index in [0.717, 1.165) is 4.47 Å². The van der Waals surface area contributed by atoms with E-state index in [0.29, 0.717) is 23.1 Å². The smallest absolute Gasteiger partial charge is 0.265 e. The van der Waals surface area contributed by atoms with Crippen molar-refractivity contribution in [3.8, 4) is 0 Å². The number of benzene rings is 1. The van der Waals surface area contributed by atoms with Crippen molar-refractivity contribution < 1.29 is 8.42 Å². The number of rotatable bonds is 5. The van der Waals surface area contributed by atoms with Crippen molar-refractivity contribution in [1.82, 2.24) is 4.98 Å². The van der Waals surface area contributed by atoms with E-state index in [1.807, 2.05) is 6.92 Å². The number of nitrogens with one attached hydrogen (secondary N) is 2. The monoisotopic (exact) mass is 389 g/mol. The number of aromatic nitrogens is 1. The van der Waals surface area contributed by atoms with Gasteiger partial charge in [0.1, 0.15) is 10.7 Å². The molecule has 0 unspecified atom stereocenters. The van der Waals surface area contributed by atoms with Gasteiger partial charge in [-0.3, -0.25) is 4.72 Å². The summed E-state index contributed by atoms with van der Waals surface area (Å²) in [5, 5.41) is 3.23. The fourth-order valence-electron chi connectivity index (χ4n) is 1.68. The fourth-order valence-corrected chi connectivity index (χ4v) is 3.67. The van der Waals surface area contributed by atoms with E-state index in [1.54, 1.807) is 24.3 Å². The molecule has 21 heavy (non-hydrogen) atoms. The highest BCUT2D eigenvalue weighted by atomic mass is 79.9. The summed E-state index contributed by atoms with van der Waals surface area (Å²) in [4.78, 5) is 4.12. The van der Waals surface area contributed by atoms with Crippen LogP contribution in [0.2, 0.25) is 5.02 Å². The molecule has 0 atom stereocenters. The van der Waals surface area contributed by atoms with Crippen molar-refractivity contribution in [3.63, 3.8) is 0 Å². The number of hydrogen-bond donors (Lipinski definition) is 2. The van der Waals surface area contributed by atoms with Gasteiger partial charge in [-0.2, -0.15) is 0 Å². The molecule has 1 aromatic heterocycles. The minimum atomic E-state index is -3.78. The molecule has 0 aliphatic rings. The second-order valence-corrected chi connectivity index (χ2v) is 7.08. The Morgan fingerprint density at radius 2 is 2.10 bits per heavy atom. The Kier molecular flexibility index (Phi) is 5.08. The molecule has 0 saturated carbocycles. The van der Waals surface area contributed by atoms with Crippen LogP contribution in [0.1, 0.15) is 6.92 Å². The summed E-state index contributed by atoms with van der Waals surface area (Å²) in [6.45, 7) is 2.43. The van der Waals surface area contributed by atoms with Gasteiger partial charge in [-0.15, -0.1) is 0 Å². The number of anilines is 2. The van der Waals surface area contributed by atoms with E-state index in [9.17, 15) is 8.42 Å². The van der Waals surface area contributed by atoms with E-state index in [4.69, 9.17) is 11.6 Å². The molecule has 1 heterocycles. The van der Waals surface area contributed by atoms with Crippen LogP contribution in [0.4, 0.5) is 11.5 Å². The summed E-state index contributed by atoms with van der Waals surface area (Å²) < 4.78 is 28.2. The fraction of sp³-hybridized carbons (Fsp3) is 0.154. The van der Waals surface area contributed by atoms with Crippen LogP contribution in [0, 0.1) is 0 Å². The Morgan fingerprint density at radius 1 is 1.33 bits per heavy atom. The average Bonchev–Trinajstić information content (AvgIpc) is 2.43. The molecule has 0 spiro atoms. The molecule has 2 N–H and O–H groups in total. The molecule has 1 aromatic carbocycles. The first-order valence-electron chi connectivity index (χ1n) is 6.11. The van der Waals surface area contributed by atoms with Crippen molar-refractivity contribution in [1.29, 1.82) is 0 Å². The summed E-state index contributed by atoms with van der Waals surface area (Å²) in [5.74, 6) is 0.306. The predicted octanol–water partition coefficient (Wildman–Crippen LogP) is 3.73. The highest BCUT2D eigenvalue weighted by Crippen LogP contribution is 2.29. The number of pyridine rings is 1. The van der Waals surface area contributed by atoms with Gasteiger partial charge >= 0.3 is 0 Å². The third-order valence-corrected chi connectivity index (χ3v) is 4.78. The van der Waals surface area contributed by atoms with Gasteiger partial charge in [-0.1, -0.05) is 27.5 Å². The minimum absolute atomic E-state index is 0.0748. The molecule has 0 fully saturated rings. The topological polar surface area (TPSA) is 71.1 Å². The predicted molar refractivity (Wildman–Crippen MR) is 88.4 cm³/mol. The molecule has 5 nitrogen and oxygen atoms in total. The second-order valence-electron chi connectivity index (χ2n) is 4.11. The van der Waals surface area contributed by atoms with Crippen LogP contribution in [0.25, 0.3) is 0 Å². The molecule has 0 aliphatic carbocycles. The van der Waals surface area contributed by atoms with E-state index < -0.39 is 10.0 Å². The molecule has 0 amide bonds. The number of nitrogens with zero attached hydrogens (tertiary/aromatic N) is 1. The van der Waals surface area contributed by atoms with Crippen LogP contribution < -0.4 is 10.0 Å². The molecule has 0 aliphatic heterocycles. The van der Waals surface area contributed by atoms with Gasteiger partial charge in [0.25, 0.3) is 10.0 Å². The van der Waals surface area contributed by atoms with E-state index in [2.05, 4.69) is 31.0 Å². The number of halogens is 2. The summed E-state index contributed by atoms with van der Waals surface area (Å²) >= 11 is 9.31. The zero-order valence-corrected chi connectivity index (χ0v) is 14.3. The lowest BCUT2D eigenvalue weighted by Gasteiger charge is -2.13. The summed E-state index contributed by atoms with van der Waals surface area (Å²) in [6, 6.07) is 7.97. The molecular formula is C13H13BrClN3O2S. The first kappa shape index (κ1) is 16.1.